The van der Waals surface area contributed by atoms with Gasteiger partial charge in [0.25, 0.3) is 5.91 Å². The lowest BCUT2D eigenvalue weighted by Crippen LogP contribution is -2.28. The van der Waals surface area contributed by atoms with Crippen molar-refractivity contribution in [3.05, 3.63) is 30.2 Å². The Morgan fingerprint density at radius 1 is 1.27 bits per heavy atom. The number of halogens is 3. The van der Waals surface area contributed by atoms with Gasteiger partial charge in [-0.05, 0) is 6.07 Å². The maximum atomic E-state index is 12.4. The molecular weight excluding hydrogens is 327 g/mol. The number of para-hydroxylation sites is 1. The topological polar surface area (TPSA) is 98.2 Å². The smallest absolute Gasteiger partial charge is 0.374 e. The van der Waals surface area contributed by atoms with Crippen LogP contribution in [0.4, 0.5) is 13.2 Å². The molecule has 7 nitrogen and oxygen atoms in total. The van der Waals surface area contributed by atoms with Gasteiger partial charge < -0.3 is 9.50 Å². The van der Waals surface area contributed by atoms with Crippen molar-refractivity contribution >= 4 is 26.9 Å². The quantitative estimate of drug-likeness (QED) is 0.669. The third-order valence-electron chi connectivity index (χ3n) is 2.55. The Bertz CT molecular complexity index is 836. The summed E-state index contributed by atoms with van der Waals surface area (Å²) in [6.07, 6.45) is 0.917. The molecule has 0 saturated heterocycles. The molecule has 2 rings (SSSR count). The van der Waals surface area contributed by atoms with Gasteiger partial charge in [-0.3, -0.25) is 4.79 Å². The molecule has 0 spiro atoms. The molecule has 1 aromatic heterocycles. The molecule has 1 amide bonds. The van der Waals surface area contributed by atoms with Crippen LogP contribution in [0.5, 0.6) is 5.75 Å². The van der Waals surface area contributed by atoms with Crippen LogP contribution in [0.3, 0.4) is 0 Å². The predicted octanol–water partition coefficient (Wildman–Crippen LogP) is 1.22. The minimum atomic E-state index is -5.84. The van der Waals surface area contributed by atoms with E-state index in [0.717, 1.165) is 12.4 Å². The fraction of sp³-hybridized carbons (Fsp3) is 0.182. The Kier molecular flexibility index (Phi) is 3.92. The van der Waals surface area contributed by atoms with Gasteiger partial charge in [0, 0.05) is 12.4 Å². The van der Waals surface area contributed by atoms with Crippen LogP contribution in [0.25, 0.3) is 10.9 Å². The Balaban J connectivity index is 2.61. The maximum absolute atomic E-state index is 12.4. The number of rotatable bonds is 3. The summed E-state index contributed by atoms with van der Waals surface area (Å²) in [6, 6.07) is 3.57. The predicted molar refractivity (Wildman–Crippen MR) is 68.5 cm³/mol. The highest BCUT2D eigenvalue weighted by molar-refractivity contribution is 7.88. The first-order valence-corrected chi connectivity index (χ1v) is 7.05. The van der Waals surface area contributed by atoms with Crippen LogP contribution in [0.1, 0.15) is 10.5 Å². The molecule has 118 valence electrons. The summed E-state index contributed by atoms with van der Waals surface area (Å²) in [6.45, 7) is 0. The summed E-state index contributed by atoms with van der Waals surface area (Å²) < 4.78 is 63.3. The van der Waals surface area contributed by atoms with E-state index >= 15 is 0 Å². The number of aromatic nitrogens is 2. The molecule has 0 unspecified atom stereocenters. The Morgan fingerprint density at radius 2 is 1.95 bits per heavy atom. The zero-order valence-electron chi connectivity index (χ0n) is 10.9. The van der Waals surface area contributed by atoms with Crippen LogP contribution in [-0.4, -0.2) is 36.8 Å². The van der Waals surface area contributed by atoms with E-state index in [2.05, 4.69) is 19.5 Å². The van der Waals surface area contributed by atoms with Crippen molar-refractivity contribution in [2.24, 2.45) is 0 Å². The zero-order chi connectivity index (χ0) is 16.5. The number of carbonyl (C=O) groups excluding carboxylic acids is 1. The molecule has 2 aromatic rings. The third-order valence-corrected chi connectivity index (χ3v) is 3.52. The lowest BCUT2D eigenvalue weighted by molar-refractivity contribution is -0.0499. The van der Waals surface area contributed by atoms with Gasteiger partial charge in [-0.15, -0.1) is 0 Å². The molecule has 0 bridgehead atoms. The van der Waals surface area contributed by atoms with E-state index in [0.29, 0.717) is 0 Å². The van der Waals surface area contributed by atoms with Gasteiger partial charge >= 0.3 is 15.6 Å². The third kappa shape index (κ3) is 2.79. The number of nitrogens with one attached hydrogen (secondary N) is 1. The van der Waals surface area contributed by atoms with E-state index in [9.17, 15) is 26.4 Å². The van der Waals surface area contributed by atoms with Crippen molar-refractivity contribution in [3.8, 4) is 5.75 Å². The molecule has 1 N–H and O–H groups in total. The van der Waals surface area contributed by atoms with Gasteiger partial charge in [0.15, 0.2) is 5.75 Å². The van der Waals surface area contributed by atoms with Crippen LogP contribution < -0.4 is 9.50 Å². The second-order valence-corrected chi connectivity index (χ2v) is 5.47. The molecule has 22 heavy (non-hydrogen) atoms. The Morgan fingerprint density at radius 3 is 2.55 bits per heavy atom. The van der Waals surface area contributed by atoms with Gasteiger partial charge in [-0.1, -0.05) is 12.1 Å². The Hall–Kier alpha value is -2.43. The lowest BCUT2D eigenvalue weighted by Gasteiger charge is -2.11. The van der Waals surface area contributed by atoms with Gasteiger partial charge in [0.2, 0.25) is 0 Å². The van der Waals surface area contributed by atoms with Crippen LogP contribution in [-0.2, 0) is 10.1 Å². The van der Waals surface area contributed by atoms with Crippen LogP contribution in [0.2, 0.25) is 0 Å². The summed E-state index contributed by atoms with van der Waals surface area (Å²) in [5.74, 6) is -1.26. The highest BCUT2D eigenvalue weighted by atomic mass is 32.2. The second kappa shape index (κ2) is 5.40. The average Bonchev–Trinajstić information content (AvgIpc) is 2.44. The summed E-state index contributed by atoms with van der Waals surface area (Å²) in [4.78, 5) is 19.0. The van der Waals surface area contributed by atoms with Crippen molar-refractivity contribution in [1.82, 2.24) is 15.3 Å². The summed E-state index contributed by atoms with van der Waals surface area (Å²) >= 11 is 0. The van der Waals surface area contributed by atoms with Crippen molar-refractivity contribution in [1.29, 1.82) is 0 Å². The Labute approximate surface area is 122 Å². The summed E-state index contributed by atoms with van der Waals surface area (Å²) in [7, 11) is -4.50. The largest absolute Gasteiger partial charge is 0.534 e. The molecule has 11 heteroatoms. The fourth-order valence-electron chi connectivity index (χ4n) is 1.59. The lowest BCUT2D eigenvalue weighted by atomic mass is 10.1. The number of hydrogen-bond acceptors (Lipinski definition) is 6. The van der Waals surface area contributed by atoms with Gasteiger partial charge in [0.05, 0.1) is 0 Å². The SMILES string of the molecule is CNC(=O)c1ncnc2c(OS(=O)(=O)C(F)(F)F)cccc12. The molecule has 1 heterocycles. The molecule has 0 fully saturated rings. The second-order valence-electron chi connectivity index (χ2n) is 3.94. The number of hydrogen-bond donors (Lipinski definition) is 1. The number of alkyl halides is 3. The first-order chi connectivity index (χ1) is 10.2. The van der Waals surface area contributed by atoms with Crippen molar-refractivity contribution in [3.63, 3.8) is 0 Å². The molecule has 0 saturated carbocycles. The summed E-state index contributed by atoms with van der Waals surface area (Å²) in [5, 5.41) is 2.35. The van der Waals surface area contributed by atoms with E-state index < -0.39 is 27.3 Å². The van der Waals surface area contributed by atoms with Gasteiger partial charge in [-0.2, -0.15) is 21.6 Å². The molecule has 0 atom stereocenters. The van der Waals surface area contributed by atoms with E-state index in [4.69, 9.17) is 0 Å². The van der Waals surface area contributed by atoms with Crippen molar-refractivity contribution < 1.29 is 30.6 Å². The number of nitrogens with zero attached hydrogens (tertiary/aromatic N) is 2. The molecule has 1 aromatic carbocycles. The number of amides is 1. The summed E-state index contributed by atoms with van der Waals surface area (Å²) in [5.41, 5.74) is -5.93. The number of benzene rings is 1. The molecular formula is C11H8F3N3O4S. The highest BCUT2D eigenvalue weighted by Gasteiger charge is 2.48. The van der Waals surface area contributed by atoms with Crippen LogP contribution in [0, 0.1) is 0 Å². The minimum Gasteiger partial charge on any atom is -0.374 e. The van der Waals surface area contributed by atoms with Crippen molar-refractivity contribution in [2.45, 2.75) is 5.51 Å². The average molecular weight is 335 g/mol. The minimum absolute atomic E-state index is 0.0525. The maximum Gasteiger partial charge on any atom is 0.534 e. The van der Waals surface area contributed by atoms with Crippen LogP contribution in [0.15, 0.2) is 24.5 Å². The number of fused-ring (bicyclic) bond motifs is 1. The number of carbonyl (C=O) groups is 1. The van der Waals surface area contributed by atoms with Gasteiger partial charge in [-0.25, -0.2) is 9.97 Å². The fourth-order valence-corrected chi connectivity index (χ4v) is 2.06. The zero-order valence-corrected chi connectivity index (χ0v) is 11.7. The van der Waals surface area contributed by atoms with Crippen molar-refractivity contribution in [2.75, 3.05) is 7.05 Å². The molecule has 0 aliphatic heterocycles. The van der Waals surface area contributed by atoms with E-state index in [1.54, 1.807) is 0 Å². The van der Waals surface area contributed by atoms with E-state index in [1.165, 1.54) is 19.2 Å². The monoisotopic (exact) mass is 335 g/mol. The standard InChI is InChI=1S/C11H8F3N3O4S/c1-15-10(18)9-6-3-2-4-7(8(6)16-5-17-9)21-22(19,20)11(12,13)14/h2-5H,1H3,(H,15,18). The first kappa shape index (κ1) is 15.9. The molecule has 0 aliphatic rings. The van der Waals surface area contributed by atoms with E-state index in [1.807, 2.05) is 0 Å². The first-order valence-electron chi connectivity index (χ1n) is 5.64. The van der Waals surface area contributed by atoms with Crippen LogP contribution >= 0.6 is 0 Å². The van der Waals surface area contributed by atoms with Gasteiger partial charge in [0.1, 0.15) is 17.5 Å². The molecule has 0 radical (unpaired) electrons. The molecule has 0 aliphatic carbocycles. The highest BCUT2D eigenvalue weighted by Crippen LogP contribution is 2.31. The van der Waals surface area contributed by atoms with E-state index in [-0.39, 0.29) is 16.6 Å². The normalized spacial score (nSPS) is 12.2.